The summed E-state index contributed by atoms with van der Waals surface area (Å²) < 4.78 is 0. The molecule has 1 aliphatic rings. The zero-order valence-electron chi connectivity index (χ0n) is 19.9. The Kier molecular flexibility index (Phi) is 10.8. The molecule has 37 heavy (non-hydrogen) atoms. The fraction of sp³-hybridized carbons (Fsp3) is 0.409. The zero-order valence-corrected chi connectivity index (χ0v) is 19.9. The van der Waals surface area contributed by atoms with Crippen LogP contribution in [-0.2, 0) is 30.5 Å². The van der Waals surface area contributed by atoms with Gasteiger partial charge in [-0.1, -0.05) is 12.1 Å². The van der Waals surface area contributed by atoms with Crippen LogP contribution in [0, 0.1) is 0 Å². The number of aliphatic imine (C=N–C) groups is 1. The summed E-state index contributed by atoms with van der Waals surface area (Å²) in [5, 5.41) is 21.1. The van der Waals surface area contributed by atoms with E-state index in [1.165, 1.54) is 12.1 Å². The molecule has 1 aromatic rings. The first-order chi connectivity index (χ1) is 17.5. The van der Waals surface area contributed by atoms with Crippen molar-refractivity contribution in [2.45, 2.75) is 37.9 Å². The summed E-state index contributed by atoms with van der Waals surface area (Å²) in [6.07, 6.45) is -0.283. The predicted molar refractivity (Wildman–Crippen MR) is 130 cm³/mol. The van der Waals surface area contributed by atoms with Crippen molar-refractivity contribution in [3.63, 3.8) is 0 Å². The number of carbonyl (C=O) groups excluding carboxylic acids is 5. The van der Waals surface area contributed by atoms with E-state index in [0.29, 0.717) is 12.0 Å². The van der Waals surface area contributed by atoms with Crippen LogP contribution < -0.4 is 38.1 Å². The largest absolute Gasteiger partial charge is 0.481 e. The van der Waals surface area contributed by atoms with Crippen LogP contribution in [0.1, 0.15) is 35.2 Å². The van der Waals surface area contributed by atoms with Crippen LogP contribution in [0.5, 0.6) is 0 Å². The second-order valence-electron chi connectivity index (χ2n) is 8.11. The van der Waals surface area contributed by atoms with E-state index in [2.05, 4.69) is 31.6 Å². The quantitative estimate of drug-likeness (QED) is 0.106. The molecule has 1 unspecified atom stereocenters. The number of nitrogens with zero attached hydrogens (tertiary/aromatic N) is 1. The molecule has 0 radical (unpaired) electrons. The van der Waals surface area contributed by atoms with Crippen LogP contribution in [-0.4, -0.2) is 78.3 Å². The van der Waals surface area contributed by atoms with E-state index in [1.807, 2.05) is 0 Å². The molecule has 0 fully saturated rings. The molecule has 200 valence electrons. The van der Waals surface area contributed by atoms with Gasteiger partial charge in [-0.3, -0.25) is 33.8 Å². The fourth-order valence-corrected chi connectivity index (χ4v) is 3.31. The maximum Gasteiger partial charge on any atom is 0.305 e. The van der Waals surface area contributed by atoms with Crippen molar-refractivity contribution < 1.29 is 33.9 Å². The van der Waals surface area contributed by atoms with Gasteiger partial charge in [-0.2, -0.15) is 0 Å². The fourth-order valence-electron chi connectivity index (χ4n) is 3.31. The number of nitrogens with one attached hydrogen (secondary N) is 5. The molecule has 15 heteroatoms. The lowest BCUT2D eigenvalue weighted by Crippen LogP contribution is -2.53. The number of amides is 5. The Balaban J connectivity index is 2.26. The van der Waals surface area contributed by atoms with E-state index in [0.717, 1.165) is 0 Å². The highest BCUT2D eigenvalue weighted by atomic mass is 16.4. The van der Waals surface area contributed by atoms with Crippen LogP contribution in [0.25, 0.3) is 0 Å². The van der Waals surface area contributed by atoms with E-state index in [-0.39, 0.29) is 31.0 Å². The van der Waals surface area contributed by atoms with Gasteiger partial charge in [0.1, 0.15) is 12.1 Å². The minimum absolute atomic E-state index is 0.0353. The molecule has 1 heterocycles. The van der Waals surface area contributed by atoms with Gasteiger partial charge in [0.05, 0.1) is 19.5 Å². The maximum absolute atomic E-state index is 12.9. The SMILES string of the molecule is NC(N)=NCCCC1NC(=O)c2cccc(c2)CNC(=O)CNC(=O)[C@H](CC(=O)O)NC(=O)CNC1=O. The number of hydrogen-bond donors (Lipinski definition) is 8. The molecule has 0 saturated carbocycles. The Morgan fingerprint density at radius 3 is 2.27 bits per heavy atom. The number of hydrogen-bond acceptors (Lipinski definition) is 7. The molecule has 0 aliphatic carbocycles. The van der Waals surface area contributed by atoms with Gasteiger partial charge in [0.25, 0.3) is 5.91 Å². The van der Waals surface area contributed by atoms with Gasteiger partial charge >= 0.3 is 5.97 Å². The third-order valence-corrected chi connectivity index (χ3v) is 5.12. The standard InChI is InChI=1S/C22H30N8O7/c23-22(24)25-6-2-5-14-20(36)28-11-17(32)29-15(8-18(33)34)21(37)27-10-16(31)26-9-12-3-1-4-13(7-12)19(35)30-14/h1,3-4,7,14-15H,2,5-6,8-11H2,(H,26,31)(H,27,37)(H,28,36)(H,29,32)(H,30,35)(H,33,34)(H4,23,24,25)/t14?,15-/m0/s1. The lowest BCUT2D eigenvalue weighted by Gasteiger charge is -2.20. The van der Waals surface area contributed by atoms with Crippen molar-refractivity contribution in [3.05, 3.63) is 35.4 Å². The molecular weight excluding hydrogens is 488 g/mol. The number of carboxylic acid groups (broad SMARTS) is 1. The van der Waals surface area contributed by atoms with Gasteiger partial charge in [-0.25, -0.2) is 0 Å². The molecule has 10 N–H and O–H groups in total. The van der Waals surface area contributed by atoms with Crippen LogP contribution in [0.2, 0.25) is 0 Å². The van der Waals surface area contributed by atoms with Crippen LogP contribution in [0.15, 0.2) is 29.3 Å². The summed E-state index contributed by atoms with van der Waals surface area (Å²) in [6, 6.07) is 3.79. The van der Waals surface area contributed by atoms with Crippen LogP contribution in [0.4, 0.5) is 0 Å². The second-order valence-corrected chi connectivity index (χ2v) is 8.11. The monoisotopic (exact) mass is 518 g/mol. The van der Waals surface area contributed by atoms with E-state index >= 15 is 0 Å². The maximum atomic E-state index is 12.9. The van der Waals surface area contributed by atoms with Crippen LogP contribution in [0.3, 0.4) is 0 Å². The average molecular weight is 519 g/mol. The minimum Gasteiger partial charge on any atom is -0.481 e. The third kappa shape index (κ3) is 10.2. The highest BCUT2D eigenvalue weighted by molar-refractivity contribution is 5.98. The molecule has 0 aromatic heterocycles. The molecule has 0 spiro atoms. The Hall–Kier alpha value is -4.69. The molecule has 2 rings (SSSR count). The van der Waals surface area contributed by atoms with Gasteiger partial charge in [0, 0.05) is 18.7 Å². The minimum atomic E-state index is -1.49. The second kappa shape index (κ2) is 14.0. The lowest BCUT2D eigenvalue weighted by atomic mass is 10.1. The van der Waals surface area contributed by atoms with Crippen LogP contribution >= 0.6 is 0 Å². The van der Waals surface area contributed by atoms with E-state index in [9.17, 15) is 28.8 Å². The van der Waals surface area contributed by atoms with Crippen molar-refractivity contribution in [2.75, 3.05) is 19.6 Å². The Morgan fingerprint density at radius 2 is 1.59 bits per heavy atom. The summed E-state index contributed by atoms with van der Waals surface area (Å²) in [5.41, 5.74) is 11.4. The Labute approximate surface area is 211 Å². The molecule has 2 atom stereocenters. The average Bonchev–Trinajstić information content (AvgIpc) is 2.85. The van der Waals surface area contributed by atoms with Crippen molar-refractivity contribution in [1.29, 1.82) is 0 Å². The smallest absolute Gasteiger partial charge is 0.305 e. The van der Waals surface area contributed by atoms with Crippen molar-refractivity contribution >= 4 is 41.5 Å². The first kappa shape index (κ1) is 28.5. The number of guanidine groups is 1. The summed E-state index contributed by atoms with van der Waals surface area (Å²) in [5.74, 6) is -5.04. The zero-order chi connectivity index (χ0) is 27.4. The van der Waals surface area contributed by atoms with Gasteiger partial charge in [-0.15, -0.1) is 0 Å². The van der Waals surface area contributed by atoms with E-state index in [1.54, 1.807) is 12.1 Å². The summed E-state index contributed by atoms with van der Waals surface area (Å²) in [6.45, 7) is -0.834. The summed E-state index contributed by atoms with van der Waals surface area (Å²) >= 11 is 0. The highest BCUT2D eigenvalue weighted by Crippen LogP contribution is 2.08. The predicted octanol–water partition coefficient (Wildman–Crippen LogP) is -3.34. The van der Waals surface area contributed by atoms with Gasteiger partial charge in [-0.05, 0) is 30.5 Å². The molecule has 0 saturated heterocycles. The molecule has 15 nitrogen and oxygen atoms in total. The molecule has 2 bridgehead atoms. The Bertz CT molecular complexity index is 1070. The first-order valence-electron chi connectivity index (χ1n) is 11.3. The molecule has 5 amide bonds. The highest BCUT2D eigenvalue weighted by Gasteiger charge is 2.26. The summed E-state index contributed by atoms with van der Waals surface area (Å²) in [7, 11) is 0. The number of rotatable bonds is 6. The Morgan fingerprint density at radius 1 is 0.919 bits per heavy atom. The number of fused-ring (bicyclic) bond motifs is 2. The van der Waals surface area contributed by atoms with Gasteiger partial charge < -0.3 is 43.2 Å². The molecule has 1 aromatic carbocycles. The normalized spacial score (nSPS) is 19.6. The topological polar surface area (TPSA) is 247 Å². The third-order valence-electron chi connectivity index (χ3n) is 5.12. The number of carbonyl (C=O) groups is 6. The van der Waals surface area contributed by atoms with Gasteiger partial charge in [0.15, 0.2) is 5.96 Å². The molecular formula is C22H30N8O7. The first-order valence-corrected chi connectivity index (χ1v) is 11.3. The van der Waals surface area contributed by atoms with E-state index in [4.69, 9.17) is 16.6 Å². The number of carboxylic acids is 1. The lowest BCUT2D eigenvalue weighted by molar-refractivity contribution is -0.140. The summed E-state index contributed by atoms with van der Waals surface area (Å²) in [4.78, 5) is 77.5. The van der Waals surface area contributed by atoms with Gasteiger partial charge in [0.2, 0.25) is 23.6 Å². The van der Waals surface area contributed by atoms with Crippen molar-refractivity contribution in [2.24, 2.45) is 16.5 Å². The number of aliphatic carboxylic acids is 1. The number of nitrogens with two attached hydrogens (primary N) is 2. The van der Waals surface area contributed by atoms with E-state index < -0.39 is 67.1 Å². The molecule has 1 aliphatic heterocycles. The van der Waals surface area contributed by atoms with Crippen molar-refractivity contribution in [3.8, 4) is 0 Å². The number of benzene rings is 1. The van der Waals surface area contributed by atoms with Crippen molar-refractivity contribution in [1.82, 2.24) is 26.6 Å².